The third kappa shape index (κ3) is 6.87. The first-order valence-electron chi connectivity index (χ1n) is 11.5. The molecule has 1 aliphatic rings. The maximum atomic E-state index is 15.2. The van der Waals surface area contributed by atoms with Gasteiger partial charge in [0.05, 0.1) is 24.8 Å². The first-order chi connectivity index (χ1) is 17.9. The maximum absolute atomic E-state index is 15.2. The van der Waals surface area contributed by atoms with Crippen molar-refractivity contribution in [1.82, 2.24) is 9.55 Å². The molecule has 0 saturated carbocycles. The maximum Gasteiger partial charge on any atom is 0.380 e. The summed E-state index contributed by atoms with van der Waals surface area (Å²) in [5.41, 5.74) is 5.87. The van der Waals surface area contributed by atoms with Crippen molar-refractivity contribution in [1.29, 1.82) is 0 Å². The van der Waals surface area contributed by atoms with Crippen LogP contribution in [-0.4, -0.2) is 57.5 Å². The third-order valence-electron chi connectivity index (χ3n) is 5.41. The average molecular weight is 572 g/mol. The van der Waals surface area contributed by atoms with E-state index in [1.165, 1.54) is 25.1 Å². The molecule has 2 unspecified atom stereocenters. The Morgan fingerprint density at radius 1 is 1.37 bits per heavy atom. The van der Waals surface area contributed by atoms with Crippen molar-refractivity contribution in [3.05, 3.63) is 68.2 Å². The smallest absolute Gasteiger partial charge is 0.380 e. The van der Waals surface area contributed by atoms with Gasteiger partial charge in [-0.1, -0.05) is 42.5 Å². The van der Waals surface area contributed by atoms with Crippen molar-refractivity contribution in [2.45, 2.75) is 51.1 Å². The Morgan fingerprint density at radius 3 is 2.66 bits per heavy atom. The second-order valence-electron chi connectivity index (χ2n) is 8.81. The number of halogens is 1. The number of nitrogens with zero attached hydrogens (tertiary/aromatic N) is 4. The number of ether oxygens (including phenoxy) is 2. The van der Waals surface area contributed by atoms with E-state index in [0.29, 0.717) is 0 Å². The topological polar surface area (TPSA) is 178 Å². The number of hydrogen-bond donors (Lipinski definition) is 2. The highest BCUT2D eigenvalue weighted by Crippen LogP contribution is 2.52. The lowest BCUT2D eigenvalue weighted by Crippen LogP contribution is -2.44. The Bertz CT molecular complexity index is 1350. The third-order valence-corrected chi connectivity index (χ3v) is 7.65. The molecule has 2 heterocycles. The molecular weight excluding hydrogens is 544 g/mol. The van der Waals surface area contributed by atoms with E-state index in [4.69, 9.17) is 36.3 Å². The number of azide groups is 1. The molecule has 13 nitrogen and oxygen atoms in total. The molecule has 0 aliphatic carbocycles. The highest BCUT2D eigenvalue weighted by Gasteiger charge is 2.57. The van der Waals surface area contributed by atoms with Crippen molar-refractivity contribution in [3.8, 4) is 5.75 Å². The molecule has 0 amide bonds. The normalized spacial score (nSPS) is 25.3. The number of carbonyl (C=O) groups excluding carboxylic acids is 1. The number of hydrogen-bond acceptors (Lipinski definition) is 10. The number of carbonyl (C=O) groups is 1. The van der Waals surface area contributed by atoms with E-state index in [9.17, 15) is 19.3 Å². The molecule has 1 aromatic carbocycles. The van der Waals surface area contributed by atoms with Crippen LogP contribution in [0.3, 0.4) is 0 Å². The zero-order valence-electron chi connectivity index (χ0n) is 20.7. The fourth-order valence-electron chi connectivity index (χ4n) is 3.60. The average Bonchev–Trinajstić information content (AvgIpc) is 3.09. The molecule has 1 saturated heterocycles. The first-order valence-corrected chi connectivity index (χ1v) is 13.6. The molecule has 1 aromatic heterocycles. The van der Waals surface area contributed by atoms with Crippen molar-refractivity contribution in [2.75, 3.05) is 12.8 Å². The SMILES string of the molecule is CC(C)OC(=O)[C@H](C)CP(=O)(OC[C@@]1(N=[N+]=[N-])O[C@@H](n2ccc(=S)[nH]c2=O)C(F)[C@H]1O)Oc1ccccc1. The fraction of sp³-hybridized carbons (Fsp3) is 0.500. The van der Waals surface area contributed by atoms with Gasteiger partial charge < -0.3 is 19.1 Å². The van der Waals surface area contributed by atoms with Crippen LogP contribution in [0.1, 0.15) is 27.0 Å². The van der Waals surface area contributed by atoms with E-state index >= 15 is 4.39 Å². The molecule has 0 radical (unpaired) electrons. The van der Waals surface area contributed by atoms with Gasteiger partial charge in [0.25, 0.3) is 0 Å². The standard InChI is InChI=1S/C22H27FN5O8PS/c1-13(2)34-20(30)14(3)11-37(32,36-15-7-5-4-6-8-15)33-12-22(26-27-24)18(29)17(23)19(35-22)28-10-9-16(38)25-21(28)31/h4-10,13-14,17-19,29H,11-12H2,1-3H3,(H,25,31,38)/t14-,17?,18-,19-,22-,37?/m1/s1. The number of aliphatic hydroxyl groups is 1. The van der Waals surface area contributed by atoms with Crippen LogP contribution in [0, 0.1) is 10.6 Å². The van der Waals surface area contributed by atoms with E-state index in [0.717, 1.165) is 10.8 Å². The Kier molecular flexibility index (Phi) is 9.47. The lowest BCUT2D eigenvalue weighted by atomic mass is 10.1. The molecule has 1 fully saturated rings. The van der Waals surface area contributed by atoms with Crippen LogP contribution in [0.2, 0.25) is 0 Å². The lowest BCUT2D eigenvalue weighted by molar-refractivity contribution is -0.151. The molecule has 0 bridgehead atoms. The summed E-state index contributed by atoms with van der Waals surface area (Å²) in [4.78, 5) is 29.6. The summed E-state index contributed by atoms with van der Waals surface area (Å²) in [6.07, 6.45) is -5.89. The Morgan fingerprint density at radius 2 is 2.05 bits per heavy atom. The van der Waals surface area contributed by atoms with Crippen LogP contribution >= 0.6 is 19.8 Å². The second-order valence-corrected chi connectivity index (χ2v) is 11.3. The summed E-state index contributed by atoms with van der Waals surface area (Å²) in [7, 11) is -4.25. The molecule has 1 aliphatic heterocycles. The molecule has 2 aromatic rings. The molecule has 0 spiro atoms. The van der Waals surface area contributed by atoms with E-state index in [2.05, 4.69) is 15.0 Å². The summed E-state index contributed by atoms with van der Waals surface area (Å²) >= 11 is 4.87. The summed E-state index contributed by atoms with van der Waals surface area (Å²) in [5.74, 6) is -1.48. The van der Waals surface area contributed by atoms with Gasteiger partial charge >= 0.3 is 19.3 Å². The number of benzene rings is 1. The van der Waals surface area contributed by atoms with Gasteiger partial charge in [-0.15, -0.1) is 0 Å². The van der Waals surface area contributed by atoms with Gasteiger partial charge in [-0.05, 0) is 37.6 Å². The van der Waals surface area contributed by atoms with Gasteiger partial charge in [-0.2, -0.15) is 0 Å². The van der Waals surface area contributed by atoms with Crippen molar-refractivity contribution in [2.24, 2.45) is 11.0 Å². The Balaban J connectivity index is 1.91. The van der Waals surface area contributed by atoms with E-state index < -0.39 is 68.3 Å². The summed E-state index contributed by atoms with van der Waals surface area (Å²) in [6.45, 7) is 3.82. The van der Waals surface area contributed by atoms with Crippen molar-refractivity contribution < 1.29 is 37.4 Å². The van der Waals surface area contributed by atoms with Crippen LogP contribution in [-0.2, 0) is 23.4 Å². The van der Waals surface area contributed by atoms with Crippen LogP contribution < -0.4 is 10.2 Å². The van der Waals surface area contributed by atoms with Gasteiger partial charge in [-0.25, -0.2) is 13.8 Å². The van der Waals surface area contributed by atoms with Crippen LogP contribution in [0.25, 0.3) is 10.4 Å². The zero-order chi connectivity index (χ0) is 28.1. The molecule has 3 rings (SSSR count). The van der Waals surface area contributed by atoms with Crippen LogP contribution in [0.5, 0.6) is 5.75 Å². The van der Waals surface area contributed by atoms with Gasteiger partial charge in [0.15, 0.2) is 12.4 Å². The molecule has 206 valence electrons. The highest BCUT2D eigenvalue weighted by atomic mass is 32.1. The molecule has 6 atom stereocenters. The Labute approximate surface area is 221 Å². The quantitative estimate of drug-likeness (QED) is 0.101. The Hall–Kier alpha value is -3.06. The molecule has 16 heteroatoms. The number of H-pyrrole nitrogens is 1. The molecular formula is C22H27FN5O8PS. The second kappa shape index (κ2) is 12.2. The van der Waals surface area contributed by atoms with Gasteiger partial charge in [0.2, 0.25) is 5.72 Å². The highest BCUT2D eigenvalue weighted by molar-refractivity contribution is 7.71. The van der Waals surface area contributed by atoms with Gasteiger partial charge in [0.1, 0.15) is 16.5 Å². The number of aliphatic hydroxyl groups excluding tert-OH is 1. The van der Waals surface area contributed by atoms with Crippen molar-refractivity contribution in [3.63, 3.8) is 0 Å². The number of aromatic amines is 1. The molecule has 38 heavy (non-hydrogen) atoms. The minimum atomic E-state index is -4.25. The minimum absolute atomic E-state index is 0.0777. The largest absolute Gasteiger partial charge is 0.463 e. The number of nitrogens with one attached hydrogen (secondary N) is 1. The van der Waals surface area contributed by atoms with Crippen LogP contribution in [0.4, 0.5) is 4.39 Å². The van der Waals surface area contributed by atoms with E-state index in [-0.39, 0.29) is 10.4 Å². The van der Waals surface area contributed by atoms with Gasteiger partial charge in [0, 0.05) is 11.1 Å². The fourth-order valence-corrected chi connectivity index (χ4v) is 5.63. The number of esters is 1. The van der Waals surface area contributed by atoms with E-state index in [1.54, 1.807) is 32.0 Å². The number of alkyl halides is 1. The lowest BCUT2D eigenvalue weighted by Gasteiger charge is -2.29. The summed E-state index contributed by atoms with van der Waals surface area (Å²) in [5, 5.41) is 14.1. The number of rotatable bonds is 11. The van der Waals surface area contributed by atoms with Crippen molar-refractivity contribution >= 4 is 25.8 Å². The monoisotopic (exact) mass is 571 g/mol. The molecule has 2 N–H and O–H groups in total. The predicted molar refractivity (Wildman–Crippen MR) is 135 cm³/mol. The van der Waals surface area contributed by atoms with E-state index in [1.807, 2.05) is 0 Å². The minimum Gasteiger partial charge on any atom is -0.463 e. The van der Waals surface area contributed by atoms with Gasteiger partial charge in [-0.3, -0.25) is 18.9 Å². The zero-order valence-corrected chi connectivity index (χ0v) is 22.4. The summed E-state index contributed by atoms with van der Waals surface area (Å²) in [6, 6.07) is 9.21. The number of aromatic nitrogens is 2. The number of para-hydroxylation sites is 1. The predicted octanol–water partition coefficient (Wildman–Crippen LogP) is 4.02. The summed E-state index contributed by atoms with van der Waals surface area (Å²) < 4.78 is 51.7. The van der Waals surface area contributed by atoms with Crippen LogP contribution in [0.15, 0.2) is 52.5 Å². The first kappa shape index (κ1) is 29.5.